The Bertz CT molecular complexity index is 618. The third kappa shape index (κ3) is 2.47. The number of hydrogen-bond acceptors (Lipinski definition) is 4. The molecule has 0 aliphatic carbocycles. The second kappa shape index (κ2) is 5.36. The van der Waals surface area contributed by atoms with Gasteiger partial charge in [-0.2, -0.15) is 0 Å². The topological polar surface area (TPSA) is 61.9 Å². The Morgan fingerprint density at radius 3 is 2.95 bits per heavy atom. The lowest BCUT2D eigenvalue weighted by atomic mass is 9.97. The molecule has 0 aromatic carbocycles. The maximum absolute atomic E-state index is 12.5. The maximum atomic E-state index is 12.5. The molecule has 1 aliphatic rings. The van der Waals surface area contributed by atoms with Crippen LogP contribution in [0.4, 0.5) is 0 Å². The van der Waals surface area contributed by atoms with Gasteiger partial charge in [0.1, 0.15) is 10.7 Å². The number of nitrogens with zero attached hydrogens (tertiary/aromatic N) is 3. The number of amides is 1. The summed E-state index contributed by atoms with van der Waals surface area (Å²) in [7, 11) is 0. The van der Waals surface area contributed by atoms with Crippen LogP contribution >= 0.6 is 11.3 Å². The number of aromatic nitrogens is 3. The average molecular weight is 290 g/mol. The molecule has 0 radical (unpaired) electrons. The number of likely N-dealkylation sites (tertiary alicyclic amines) is 1. The molecule has 6 heteroatoms. The van der Waals surface area contributed by atoms with Crippen LogP contribution in [0.1, 0.15) is 45.6 Å². The van der Waals surface area contributed by atoms with E-state index in [0.29, 0.717) is 5.92 Å². The summed E-state index contributed by atoms with van der Waals surface area (Å²) >= 11 is 1.43. The highest BCUT2D eigenvalue weighted by Gasteiger charge is 2.28. The zero-order valence-corrected chi connectivity index (χ0v) is 12.5. The number of rotatable bonds is 2. The Labute approximate surface area is 122 Å². The van der Waals surface area contributed by atoms with Gasteiger partial charge in [-0.3, -0.25) is 4.79 Å². The summed E-state index contributed by atoms with van der Waals surface area (Å²) in [4.78, 5) is 27.1. The lowest BCUT2D eigenvalue weighted by Gasteiger charge is -2.31. The van der Waals surface area contributed by atoms with Crippen molar-refractivity contribution in [1.82, 2.24) is 19.9 Å². The zero-order valence-electron chi connectivity index (χ0n) is 11.7. The Morgan fingerprint density at radius 2 is 2.30 bits per heavy atom. The fourth-order valence-corrected chi connectivity index (χ4v) is 3.45. The van der Waals surface area contributed by atoms with Gasteiger partial charge in [0.25, 0.3) is 5.91 Å². The smallest absolute Gasteiger partial charge is 0.265 e. The van der Waals surface area contributed by atoms with E-state index in [1.165, 1.54) is 11.3 Å². The molecule has 1 saturated heterocycles. The maximum Gasteiger partial charge on any atom is 0.265 e. The predicted octanol–water partition coefficient (Wildman–Crippen LogP) is 2.50. The third-order valence-corrected chi connectivity index (χ3v) is 4.67. The van der Waals surface area contributed by atoms with E-state index in [1.54, 1.807) is 5.51 Å². The largest absolute Gasteiger partial charge is 0.346 e. The van der Waals surface area contributed by atoms with Crippen LogP contribution in [0.3, 0.4) is 0 Å². The molecule has 2 aromatic heterocycles. The van der Waals surface area contributed by atoms with Gasteiger partial charge in [-0.05, 0) is 26.7 Å². The van der Waals surface area contributed by atoms with Crippen molar-refractivity contribution in [3.8, 4) is 0 Å². The first-order valence-electron chi connectivity index (χ1n) is 6.86. The van der Waals surface area contributed by atoms with E-state index >= 15 is 0 Å². The molecule has 1 N–H and O–H groups in total. The number of nitrogens with one attached hydrogen (secondary N) is 1. The van der Waals surface area contributed by atoms with E-state index in [-0.39, 0.29) is 5.91 Å². The molecule has 2 aromatic rings. The lowest BCUT2D eigenvalue weighted by Crippen LogP contribution is -2.39. The molecule has 3 rings (SSSR count). The summed E-state index contributed by atoms with van der Waals surface area (Å²) in [6.07, 6.45) is 3.95. The number of H-pyrrole nitrogens is 1. The first-order chi connectivity index (χ1) is 9.65. The van der Waals surface area contributed by atoms with Gasteiger partial charge in [0, 0.05) is 30.9 Å². The van der Waals surface area contributed by atoms with Gasteiger partial charge in [-0.1, -0.05) is 0 Å². The number of carbonyl (C=O) groups is 1. The average Bonchev–Trinajstić information content (AvgIpc) is 3.07. The second-order valence-electron chi connectivity index (χ2n) is 5.31. The van der Waals surface area contributed by atoms with Crippen LogP contribution in [-0.4, -0.2) is 38.8 Å². The quantitative estimate of drug-likeness (QED) is 0.924. The van der Waals surface area contributed by atoms with Crippen molar-refractivity contribution >= 4 is 17.2 Å². The van der Waals surface area contributed by atoms with Crippen LogP contribution < -0.4 is 0 Å². The SMILES string of the molecule is Cc1cnc([C@H]2CCCN(C(=O)c3scnc3C)C2)[nH]1. The molecule has 106 valence electrons. The molecule has 3 heterocycles. The first-order valence-corrected chi connectivity index (χ1v) is 7.74. The summed E-state index contributed by atoms with van der Waals surface area (Å²) in [5, 5.41) is 0. The normalized spacial score (nSPS) is 19.3. The molecule has 20 heavy (non-hydrogen) atoms. The standard InChI is InChI=1S/C14H18N4OS/c1-9-6-15-13(17-9)11-4-3-5-18(7-11)14(19)12-10(2)16-8-20-12/h6,8,11H,3-5,7H2,1-2H3,(H,15,17)/t11-/m0/s1. The number of carbonyl (C=O) groups excluding carboxylic acids is 1. The molecule has 1 amide bonds. The Hall–Kier alpha value is -1.69. The highest BCUT2D eigenvalue weighted by atomic mass is 32.1. The highest BCUT2D eigenvalue weighted by Crippen LogP contribution is 2.27. The molecule has 0 spiro atoms. The van der Waals surface area contributed by atoms with Crippen molar-refractivity contribution in [2.75, 3.05) is 13.1 Å². The molecule has 1 fully saturated rings. The Morgan fingerprint density at radius 1 is 1.45 bits per heavy atom. The van der Waals surface area contributed by atoms with Crippen molar-refractivity contribution in [1.29, 1.82) is 0 Å². The van der Waals surface area contributed by atoms with Crippen LogP contribution in [0.2, 0.25) is 0 Å². The highest BCUT2D eigenvalue weighted by molar-refractivity contribution is 7.11. The number of thiazole rings is 1. The van der Waals surface area contributed by atoms with Gasteiger partial charge < -0.3 is 9.88 Å². The van der Waals surface area contributed by atoms with Gasteiger partial charge >= 0.3 is 0 Å². The van der Waals surface area contributed by atoms with Crippen LogP contribution in [0.5, 0.6) is 0 Å². The lowest BCUT2D eigenvalue weighted by molar-refractivity contribution is 0.0709. The molecule has 0 bridgehead atoms. The monoisotopic (exact) mass is 290 g/mol. The van der Waals surface area contributed by atoms with Crippen LogP contribution in [0.25, 0.3) is 0 Å². The van der Waals surface area contributed by atoms with E-state index in [1.807, 2.05) is 24.9 Å². The fraction of sp³-hybridized carbons (Fsp3) is 0.500. The molecular formula is C14H18N4OS. The molecule has 5 nitrogen and oxygen atoms in total. The number of aromatic amines is 1. The minimum Gasteiger partial charge on any atom is -0.346 e. The second-order valence-corrected chi connectivity index (χ2v) is 6.16. The van der Waals surface area contributed by atoms with Crippen molar-refractivity contribution in [3.05, 3.63) is 33.8 Å². The fourth-order valence-electron chi connectivity index (χ4n) is 2.68. The number of aryl methyl sites for hydroxylation is 2. The molecule has 0 unspecified atom stereocenters. The number of hydrogen-bond donors (Lipinski definition) is 1. The van der Waals surface area contributed by atoms with E-state index in [4.69, 9.17) is 0 Å². The first kappa shape index (κ1) is 13.3. The van der Waals surface area contributed by atoms with E-state index in [9.17, 15) is 4.79 Å². The van der Waals surface area contributed by atoms with Crippen molar-refractivity contribution in [2.45, 2.75) is 32.6 Å². The summed E-state index contributed by atoms with van der Waals surface area (Å²) in [5.41, 5.74) is 3.64. The van der Waals surface area contributed by atoms with E-state index in [2.05, 4.69) is 15.0 Å². The Kier molecular flexibility index (Phi) is 3.56. The van der Waals surface area contributed by atoms with Crippen LogP contribution in [-0.2, 0) is 0 Å². The summed E-state index contributed by atoms with van der Waals surface area (Å²) in [6.45, 7) is 5.46. The summed E-state index contributed by atoms with van der Waals surface area (Å²) < 4.78 is 0. The van der Waals surface area contributed by atoms with Gasteiger partial charge in [0.15, 0.2) is 0 Å². The van der Waals surface area contributed by atoms with Gasteiger partial charge in [-0.15, -0.1) is 11.3 Å². The summed E-state index contributed by atoms with van der Waals surface area (Å²) in [5.74, 6) is 1.42. The van der Waals surface area contributed by atoms with Crippen LogP contribution in [0.15, 0.2) is 11.7 Å². The van der Waals surface area contributed by atoms with E-state index in [0.717, 1.165) is 48.0 Å². The minimum atomic E-state index is 0.109. The minimum absolute atomic E-state index is 0.109. The van der Waals surface area contributed by atoms with Gasteiger partial charge in [0.05, 0.1) is 11.2 Å². The number of imidazole rings is 1. The van der Waals surface area contributed by atoms with Gasteiger partial charge in [0.2, 0.25) is 0 Å². The summed E-state index contributed by atoms with van der Waals surface area (Å²) in [6, 6.07) is 0. The molecular weight excluding hydrogens is 272 g/mol. The molecule has 0 saturated carbocycles. The third-order valence-electron chi connectivity index (χ3n) is 3.76. The Balaban J connectivity index is 1.75. The van der Waals surface area contributed by atoms with Crippen molar-refractivity contribution in [3.63, 3.8) is 0 Å². The van der Waals surface area contributed by atoms with Crippen molar-refractivity contribution in [2.24, 2.45) is 0 Å². The molecule has 1 aliphatic heterocycles. The van der Waals surface area contributed by atoms with Crippen molar-refractivity contribution < 1.29 is 4.79 Å². The zero-order chi connectivity index (χ0) is 14.1. The number of piperidine rings is 1. The van der Waals surface area contributed by atoms with E-state index < -0.39 is 0 Å². The predicted molar refractivity (Wildman–Crippen MR) is 78.1 cm³/mol. The van der Waals surface area contributed by atoms with Crippen LogP contribution in [0, 0.1) is 13.8 Å². The molecule has 1 atom stereocenters. The van der Waals surface area contributed by atoms with Gasteiger partial charge in [-0.25, -0.2) is 9.97 Å².